The van der Waals surface area contributed by atoms with Crippen LogP contribution in [0.2, 0.25) is 0 Å². The summed E-state index contributed by atoms with van der Waals surface area (Å²) in [6.45, 7) is 0. The summed E-state index contributed by atoms with van der Waals surface area (Å²) in [6, 6.07) is 85.3. The predicted molar refractivity (Wildman–Crippen MR) is 259 cm³/mol. The van der Waals surface area contributed by atoms with E-state index in [4.69, 9.17) is 0 Å². The molecule has 0 saturated heterocycles. The first kappa shape index (κ1) is 34.3. The molecule has 0 heteroatoms. The van der Waals surface area contributed by atoms with E-state index in [0.717, 1.165) is 0 Å². The first-order valence-electron chi connectivity index (χ1n) is 20.8. The van der Waals surface area contributed by atoms with Gasteiger partial charge < -0.3 is 0 Å². The molecule has 0 atom stereocenters. The molecule has 12 aromatic carbocycles. The van der Waals surface area contributed by atoms with E-state index in [0.29, 0.717) is 0 Å². The highest BCUT2D eigenvalue weighted by molar-refractivity contribution is 6.27. The quantitative estimate of drug-likeness (QED) is 0.153. The van der Waals surface area contributed by atoms with E-state index in [2.05, 4.69) is 231 Å². The van der Waals surface area contributed by atoms with Crippen LogP contribution in [-0.2, 0) is 0 Å². The van der Waals surface area contributed by atoms with E-state index < -0.39 is 0 Å². The summed E-state index contributed by atoms with van der Waals surface area (Å²) in [7, 11) is 0. The van der Waals surface area contributed by atoms with Gasteiger partial charge in [0.2, 0.25) is 0 Å². The zero-order valence-electron chi connectivity index (χ0n) is 32.9. The van der Waals surface area contributed by atoms with Gasteiger partial charge >= 0.3 is 0 Å². The summed E-state index contributed by atoms with van der Waals surface area (Å²) >= 11 is 0. The molecule has 0 aliphatic carbocycles. The summed E-state index contributed by atoms with van der Waals surface area (Å²) in [5, 5.41) is 15.4. The molecular weight excluding hydrogens is 721 g/mol. The smallest absolute Gasteiger partial charge is 0.00928 e. The van der Waals surface area contributed by atoms with Crippen molar-refractivity contribution in [3.8, 4) is 55.6 Å². The number of benzene rings is 12. The molecule has 12 rings (SSSR count). The van der Waals surface area contributed by atoms with Gasteiger partial charge in [0.05, 0.1) is 0 Å². The number of hydrogen-bond donors (Lipinski definition) is 0. The molecule has 0 spiro atoms. The molecule has 0 bridgehead atoms. The Bertz CT molecular complexity index is 3320. The van der Waals surface area contributed by atoms with Crippen molar-refractivity contribution in [3.63, 3.8) is 0 Å². The van der Waals surface area contributed by atoms with Crippen LogP contribution >= 0.6 is 0 Å². The first-order valence-corrected chi connectivity index (χ1v) is 20.8. The minimum absolute atomic E-state index is 1.19. The van der Waals surface area contributed by atoms with Gasteiger partial charge in [-0.25, -0.2) is 0 Å². The van der Waals surface area contributed by atoms with Crippen LogP contribution in [0, 0.1) is 0 Å². The van der Waals surface area contributed by atoms with Gasteiger partial charge in [-0.1, -0.05) is 182 Å². The van der Waals surface area contributed by atoms with Crippen LogP contribution in [0.5, 0.6) is 0 Å². The van der Waals surface area contributed by atoms with Gasteiger partial charge in [-0.3, -0.25) is 0 Å². The second-order valence-corrected chi connectivity index (χ2v) is 16.0. The maximum atomic E-state index is 2.41. The van der Waals surface area contributed by atoms with Gasteiger partial charge in [-0.15, -0.1) is 0 Å². The Balaban J connectivity index is 1.09. The third-order valence-electron chi connectivity index (χ3n) is 12.6. The Morgan fingerprint density at radius 1 is 0.117 bits per heavy atom. The van der Waals surface area contributed by atoms with Gasteiger partial charge in [-0.2, -0.15) is 0 Å². The fourth-order valence-corrected chi connectivity index (χ4v) is 9.69. The minimum atomic E-state index is 1.19. The summed E-state index contributed by atoms with van der Waals surface area (Å²) < 4.78 is 0. The molecule has 0 heterocycles. The maximum Gasteiger partial charge on any atom is -0.00928 e. The van der Waals surface area contributed by atoms with E-state index >= 15 is 0 Å². The average molecular weight is 759 g/mol. The van der Waals surface area contributed by atoms with Crippen LogP contribution in [0.15, 0.2) is 231 Å². The van der Waals surface area contributed by atoms with Crippen LogP contribution in [0.4, 0.5) is 0 Å². The van der Waals surface area contributed by atoms with Crippen molar-refractivity contribution in [2.24, 2.45) is 0 Å². The lowest BCUT2D eigenvalue weighted by atomic mass is 9.88. The summed E-state index contributed by atoms with van der Waals surface area (Å²) in [6.07, 6.45) is 0. The Kier molecular flexibility index (Phi) is 7.96. The molecular formula is C60H38. The fourth-order valence-electron chi connectivity index (χ4n) is 9.69. The Morgan fingerprint density at radius 2 is 0.333 bits per heavy atom. The topological polar surface area (TPSA) is 0 Å². The highest BCUT2D eigenvalue weighted by Gasteiger charge is 2.15. The molecule has 0 radical (unpaired) electrons. The largest absolute Gasteiger partial charge is 0.0622 e. The van der Waals surface area contributed by atoms with Gasteiger partial charge in [0.1, 0.15) is 0 Å². The molecule has 0 unspecified atom stereocenters. The number of hydrogen-bond acceptors (Lipinski definition) is 0. The molecule has 278 valence electrons. The Labute approximate surface area is 349 Å². The molecule has 0 nitrogen and oxygen atoms in total. The number of fused-ring (bicyclic) bond motifs is 12. The van der Waals surface area contributed by atoms with Crippen molar-refractivity contribution in [1.29, 1.82) is 0 Å². The van der Waals surface area contributed by atoms with Crippen molar-refractivity contribution in [2.75, 3.05) is 0 Å². The van der Waals surface area contributed by atoms with Gasteiger partial charge in [0.25, 0.3) is 0 Å². The normalized spacial score (nSPS) is 11.7. The van der Waals surface area contributed by atoms with E-state index in [-0.39, 0.29) is 0 Å². The first-order chi connectivity index (χ1) is 29.7. The molecule has 0 saturated carbocycles. The fraction of sp³-hybridized carbons (Fsp3) is 0. The molecule has 0 amide bonds. The van der Waals surface area contributed by atoms with Gasteiger partial charge in [0.15, 0.2) is 0 Å². The molecule has 12 aromatic rings. The second-order valence-electron chi connectivity index (χ2n) is 16.0. The van der Waals surface area contributed by atoms with Crippen LogP contribution in [0.3, 0.4) is 0 Å². The van der Waals surface area contributed by atoms with Gasteiger partial charge in [0, 0.05) is 0 Å². The summed E-state index contributed by atoms with van der Waals surface area (Å²) in [4.78, 5) is 0. The lowest BCUT2D eigenvalue weighted by molar-refractivity contribution is 1.56. The molecule has 0 aliphatic rings. The van der Waals surface area contributed by atoms with E-state index in [1.165, 1.54) is 120 Å². The van der Waals surface area contributed by atoms with E-state index in [1.807, 2.05) is 0 Å². The predicted octanol–water partition coefficient (Wildman–Crippen LogP) is 16.9. The number of rotatable bonds is 5. The van der Waals surface area contributed by atoms with Crippen molar-refractivity contribution >= 4 is 64.6 Å². The molecule has 0 aromatic heterocycles. The molecule has 0 N–H and O–H groups in total. The summed E-state index contributed by atoms with van der Waals surface area (Å²) in [5.74, 6) is 0. The molecule has 60 heavy (non-hydrogen) atoms. The standard InChI is InChI=1S/C60H38/c1-3-15-39(16-4-1)43-31-45(41-27-29-57-53-23-9-7-19-49(53)51-21-11-13-25-55(51)59(57)37-41)35-47(33-43)48-34-44(40-17-5-2-6-18-40)32-46(36-48)42-28-30-58-54-24-10-8-20-50(54)52-22-12-14-26-56(52)60(58)38-42/h1-38H. The summed E-state index contributed by atoms with van der Waals surface area (Å²) in [5.41, 5.74) is 12.0. The zero-order chi connectivity index (χ0) is 39.6. The van der Waals surface area contributed by atoms with Crippen LogP contribution in [-0.4, -0.2) is 0 Å². The van der Waals surface area contributed by atoms with Crippen molar-refractivity contribution in [3.05, 3.63) is 231 Å². The zero-order valence-corrected chi connectivity index (χ0v) is 32.9. The molecule has 0 aliphatic heterocycles. The van der Waals surface area contributed by atoms with Crippen molar-refractivity contribution in [1.82, 2.24) is 0 Å². The van der Waals surface area contributed by atoms with Gasteiger partial charge in [-0.05, 0) is 169 Å². The van der Waals surface area contributed by atoms with Crippen LogP contribution in [0.25, 0.3) is 120 Å². The van der Waals surface area contributed by atoms with Crippen molar-refractivity contribution in [2.45, 2.75) is 0 Å². The van der Waals surface area contributed by atoms with E-state index in [9.17, 15) is 0 Å². The highest BCUT2D eigenvalue weighted by Crippen LogP contribution is 2.42. The Morgan fingerprint density at radius 3 is 0.633 bits per heavy atom. The van der Waals surface area contributed by atoms with E-state index in [1.54, 1.807) is 0 Å². The molecule has 0 fully saturated rings. The Hall–Kier alpha value is -7.80. The monoisotopic (exact) mass is 758 g/mol. The van der Waals surface area contributed by atoms with Crippen molar-refractivity contribution < 1.29 is 0 Å². The highest BCUT2D eigenvalue weighted by atomic mass is 14.2. The lowest BCUT2D eigenvalue weighted by Crippen LogP contribution is -1.90. The minimum Gasteiger partial charge on any atom is -0.0622 e. The SMILES string of the molecule is c1ccc(-c2cc(-c3cc(-c4ccccc4)cc(-c4ccc5c6ccccc6c6ccccc6c5c4)c3)cc(-c3ccc4c5ccccc5c5ccccc5c4c3)c2)cc1. The lowest BCUT2D eigenvalue weighted by Gasteiger charge is -2.16. The second kappa shape index (κ2) is 13.9. The third kappa shape index (κ3) is 5.69. The maximum absolute atomic E-state index is 2.41. The third-order valence-corrected chi connectivity index (χ3v) is 12.6. The average Bonchev–Trinajstić information content (AvgIpc) is 3.34. The van der Waals surface area contributed by atoms with Crippen LogP contribution < -0.4 is 0 Å². The van der Waals surface area contributed by atoms with Crippen LogP contribution in [0.1, 0.15) is 0 Å².